The van der Waals surface area contributed by atoms with E-state index in [-0.39, 0.29) is 17.7 Å². The number of carbonyl (C=O) groups is 1. The Hall–Kier alpha value is -4.03. The van der Waals surface area contributed by atoms with Crippen molar-refractivity contribution < 1.29 is 22.7 Å². The minimum Gasteiger partial charge on any atom is -0.482 e. The minimum atomic E-state index is -4.36. The van der Waals surface area contributed by atoms with Gasteiger partial charge in [0.2, 0.25) is 0 Å². The van der Waals surface area contributed by atoms with E-state index in [2.05, 4.69) is 18.8 Å². The molecule has 0 aliphatic carbocycles. The fourth-order valence-corrected chi connectivity index (χ4v) is 5.06. The maximum atomic E-state index is 13.1. The van der Waals surface area contributed by atoms with Gasteiger partial charge in [0.1, 0.15) is 11.4 Å². The van der Waals surface area contributed by atoms with Gasteiger partial charge in [-0.1, -0.05) is 60.6 Å². The zero-order valence-electron chi connectivity index (χ0n) is 24.4. The van der Waals surface area contributed by atoms with E-state index in [1.807, 2.05) is 44.2 Å². The van der Waals surface area contributed by atoms with Crippen LogP contribution in [-0.2, 0) is 12.6 Å². The molecule has 0 aromatic heterocycles. The van der Waals surface area contributed by atoms with Gasteiger partial charge in [-0.3, -0.25) is 4.79 Å². The van der Waals surface area contributed by atoms with Crippen LogP contribution in [0.1, 0.15) is 65.7 Å². The molecule has 0 heterocycles. The monoisotopic (exact) mass is 605 g/mol. The highest BCUT2D eigenvalue weighted by molar-refractivity contribution is 6.30. The lowest BCUT2D eigenvalue weighted by Crippen LogP contribution is -2.41. The second kappa shape index (κ2) is 13.5. The fourth-order valence-electron chi connectivity index (χ4n) is 4.93. The first kappa shape index (κ1) is 31.9. The number of hydrogen-bond donors (Lipinski definition) is 1. The van der Waals surface area contributed by atoms with Crippen molar-refractivity contribution in [2.24, 2.45) is 0 Å². The van der Waals surface area contributed by atoms with E-state index in [1.165, 1.54) is 0 Å². The van der Waals surface area contributed by atoms with Gasteiger partial charge in [-0.15, -0.1) is 0 Å². The third-order valence-corrected chi connectivity index (χ3v) is 7.67. The normalized spacial score (nSPS) is 13.2. The second-order valence-corrected chi connectivity index (χ2v) is 11.7. The highest BCUT2D eigenvalue weighted by Gasteiger charge is 2.30. The van der Waals surface area contributed by atoms with Crippen LogP contribution in [0.3, 0.4) is 0 Å². The molecule has 43 heavy (non-hydrogen) atoms. The van der Waals surface area contributed by atoms with Gasteiger partial charge in [0.15, 0.2) is 5.78 Å². The number of hydrogen-bond acceptors (Lipinski definition) is 3. The summed E-state index contributed by atoms with van der Waals surface area (Å²) in [6.07, 6.45) is -3.04. The molecule has 4 aromatic carbocycles. The van der Waals surface area contributed by atoms with Gasteiger partial charge >= 0.3 is 6.18 Å². The molecule has 0 radical (unpaired) electrons. The zero-order chi connectivity index (χ0) is 31.2. The number of halogens is 4. The van der Waals surface area contributed by atoms with Crippen molar-refractivity contribution in [1.29, 1.82) is 0 Å². The maximum Gasteiger partial charge on any atom is 0.416 e. The molecule has 4 rings (SSSR count). The summed E-state index contributed by atoms with van der Waals surface area (Å²) >= 11 is 5.93. The van der Waals surface area contributed by atoms with E-state index in [1.54, 1.807) is 60.7 Å². The number of nitrogens with one attached hydrogen (secondary N) is 1. The van der Waals surface area contributed by atoms with Crippen LogP contribution in [0.5, 0.6) is 5.75 Å². The third-order valence-electron chi connectivity index (χ3n) is 7.42. The van der Waals surface area contributed by atoms with E-state index in [4.69, 9.17) is 16.3 Å². The summed E-state index contributed by atoms with van der Waals surface area (Å²) in [7, 11) is 0. The number of benzene rings is 4. The third kappa shape index (κ3) is 8.74. The Morgan fingerprint density at radius 2 is 1.42 bits per heavy atom. The molecule has 0 aliphatic rings. The molecule has 0 bridgehead atoms. The Kier molecular flexibility index (Phi) is 10.0. The van der Waals surface area contributed by atoms with Crippen molar-refractivity contribution in [3.05, 3.63) is 148 Å². The maximum absolute atomic E-state index is 13.1. The lowest BCUT2D eigenvalue weighted by atomic mass is 9.86. The van der Waals surface area contributed by atoms with Crippen LogP contribution in [-0.4, -0.2) is 17.4 Å². The van der Waals surface area contributed by atoms with Gasteiger partial charge in [0, 0.05) is 27.9 Å². The molecule has 4 aromatic rings. The van der Waals surface area contributed by atoms with E-state index in [9.17, 15) is 18.0 Å². The average Bonchev–Trinajstić information content (AvgIpc) is 2.97. The molecule has 0 aliphatic heterocycles. The van der Waals surface area contributed by atoms with Gasteiger partial charge < -0.3 is 10.1 Å². The highest BCUT2D eigenvalue weighted by Crippen LogP contribution is 2.32. The van der Waals surface area contributed by atoms with Crippen molar-refractivity contribution in [1.82, 2.24) is 5.32 Å². The Morgan fingerprint density at radius 3 is 1.98 bits per heavy atom. The van der Waals surface area contributed by atoms with Crippen molar-refractivity contribution in [3.8, 4) is 5.75 Å². The topological polar surface area (TPSA) is 38.3 Å². The van der Waals surface area contributed by atoms with Crippen LogP contribution in [0, 0.1) is 0 Å². The summed E-state index contributed by atoms with van der Waals surface area (Å²) < 4.78 is 45.4. The Balaban J connectivity index is 1.39. The van der Waals surface area contributed by atoms with Gasteiger partial charge in [-0.2, -0.15) is 13.2 Å². The van der Waals surface area contributed by atoms with Crippen molar-refractivity contribution in [3.63, 3.8) is 0 Å². The smallest absolute Gasteiger partial charge is 0.416 e. The molecule has 3 nitrogen and oxygen atoms in total. The highest BCUT2D eigenvalue weighted by atomic mass is 35.5. The van der Waals surface area contributed by atoms with Gasteiger partial charge in [0.05, 0.1) is 5.56 Å². The van der Waals surface area contributed by atoms with Gasteiger partial charge in [-0.25, -0.2) is 0 Å². The first-order chi connectivity index (χ1) is 20.3. The molecule has 0 amide bonds. The molecular weight excluding hydrogens is 571 g/mol. The van der Waals surface area contributed by atoms with Crippen LogP contribution in [0.4, 0.5) is 13.2 Å². The van der Waals surface area contributed by atoms with Gasteiger partial charge in [-0.05, 0) is 111 Å². The summed E-state index contributed by atoms with van der Waals surface area (Å²) in [6, 6.07) is 29.1. The van der Waals surface area contributed by atoms with Crippen LogP contribution in [0.15, 0.2) is 115 Å². The summed E-state index contributed by atoms with van der Waals surface area (Å²) in [5, 5.41) is 4.05. The summed E-state index contributed by atoms with van der Waals surface area (Å²) in [5.41, 5.74) is 2.31. The number of rotatable bonds is 12. The zero-order valence-corrected chi connectivity index (χ0v) is 25.2. The summed E-state index contributed by atoms with van der Waals surface area (Å²) in [4.78, 5) is 12.8. The van der Waals surface area contributed by atoms with E-state index in [0.717, 1.165) is 29.7 Å². The standard InChI is InChI=1S/C36H35ClF3NO2/c1-24(22-30(27-8-6-5-7-9-27)23-26-10-16-31(17-11-26)36(38,39)40)41-25(2)35(3,4)43-33-20-14-29(15-21-33)34(42)28-12-18-32(37)19-13-28/h5-21,24,30,41H,2,22-23H2,1,3-4H3/t24-,30+/m1/s1. The molecule has 2 atom stereocenters. The van der Waals surface area contributed by atoms with Crippen LogP contribution in [0.2, 0.25) is 5.02 Å². The summed E-state index contributed by atoms with van der Waals surface area (Å²) in [5.74, 6) is 0.562. The molecule has 224 valence electrons. The second-order valence-electron chi connectivity index (χ2n) is 11.2. The first-order valence-corrected chi connectivity index (χ1v) is 14.5. The van der Waals surface area contributed by atoms with Crippen LogP contribution >= 0.6 is 11.6 Å². The Morgan fingerprint density at radius 1 is 0.860 bits per heavy atom. The van der Waals surface area contributed by atoms with Crippen molar-refractivity contribution >= 4 is 17.4 Å². The molecule has 1 N–H and O–H groups in total. The first-order valence-electron chi connectivity index (χ1n) is 14.1. The summed E-state index contributed by atoms with van der Waals surface area (Å²) in [6.45, 7) is 10.1. The number of ether oxygens (including phenoxy) is 1. The van der Waals surface area contributed by atoms with Gasteiger partial charge in [0.25, 0.3) is 0 Å². The van der Waals surface area contributed by atoms with Crippen LogP contribution in [0.25, 0.3) is 0 Å². The molecule has 0 fully saturated rings. The minimum absolute atomic E-state index is 0.00518. The predicted molar refractivity (Wildman–Crippen MR) is 167 cm³/mol. The van der Waals surface area contributed by atoms with Crippen molar-refractivity contribution in [2.45, 2.75) is 57.3 Å². The van der Waals surface area contributed by atoms with E-state index >= 15 is 0 Å². The Labute approximate surface area is 256 Å². The predicted octanol–water partition coefficient (Wildman–Crippen LogP) is 9.66. The number of alkyl halides is 3. The van der Waals surface area contributed by atoms with E-state index in [0.29, 0.717) is 34.0 Å². The molecule has 0 saturated heterocycles. The average molecular weight is 606 g/mol. The largest absolute Gasteiger partial charge is 0.482 e. The quantitative estimate of drug-likeness (QED) is 0.163. The molecule has 0 saturated carbocycles. The van der Waals surface area contributed by atoms with E-state index < -0.39 is 17.3 Å². The SMILES string of the molecule is C=C(N[C@H](C)C[C@@H](Cc1ccc(C(F)(F)F)cc1)c1ccccc1)C(C)(C)Oc1ccc(C(=O)c2ccc(Cl)cc2)cc1. The lowest BCUT2D eigenvalue weighted by Gasteiger charge is -2.32. The molecule has 7 heteroatoms. The Bertz CT molecular complexity index is 1510. The molecular formula is C36H35ClF3NO2. The number of carbonyl (C=O) groups excluding carboxylic acids is 1. The van der Waals surface area contributed by atoms with Crippen LogP contribution < -0.4 is 10.1 Å². The molecule has 0 spiro atoms. The fraction of sp³-hybridized carbons (Fsp3) is 0.250. The number of ketones is 1. The molecule has 0 unspecified atom stereocenters. The lowest BCUT2D eigenvalue weighted by molar-refractivity contribution is -0.137. The van der Waals surface area contributed by atoms with Crippen molar-refractivity contribution in [2.75, 3.05) is 0 Å².